The fourth-order valence-corrected chi connectivity index (χ4v) is 6.87. The molecule has 1 N–H and O–H groups in total. The van der Waals surface area contributed by atoms with Crippen LogP contribution < -0.4 is 9.46 Å². The lowest BCUT2D eigenvalue weighted by Crippen LogP contribution is -2.32. The Bertz CT molecular complexity index is 1180. The van der Waals surface area contributed by atoms with Gasteiger partial charge in [0, 0.05) is 11.4 Å². The van der Waals surface area contributed by atoms with Crippen LogP contribution in [0.3, 0.4) is 0 Å². The number of ether oxygens (including phenoxy) is 1. The van der Waals surface area contributed by atoms with Crippen molar-refractivity contribution < 1.29 is 26.0 Å². The van der Waals surface area contributed by atoms with E-state index in [0.29, 0.717) is 4.88 Å². The Hall–Kier alpha value is -2.27. The van der Waals surface area contributed by atoms with E-state index in [4.69, 9.17) is 4.74 Å². The second-order valence-electron chi connectivity index (χ2n) is 6.01. The highest BCUT2D eigenvalue weighted by atomic mass is 32.2. The van der Waals surface area contributed by atoms with Gasteiger partial charge in [-0.05, 0) is 41.8 Å². The van der Waals surface area contributed by atoms with Crippen molar-refractivity contribution in [3.63, 3.8) is 0 Å². The third-order valence-corrected chi connectivity index (χ3v) is 8.86. The van der Waals surface area contributed by atoms with Gasteiger partial charge < -0.3 is 4.74 Å². The highest BCUT2D eigenvalue weighted by Crippen LogP contribution is 2.32. The van der Waals surface area contributed by atoms with Crippen molar-refractivity contribution >= 4 is 31.2 Å². The summed E-state index contributed by atoms with van der Waals surface area (Å²) < 4.78 is 72.7. The first kappa shape index (κ1) is 21.4. The van der Waals surface area contributed by atoms with Gasteiger partial charge in [-0.15, -0.1) is 11.3 Å². The zero-order valence-electron chi connectivity index (χ0n) is 15.3. The summed E-state index contributed by atoms with van der Waals surface area (Å²) in [5.74, 6) is -0.796. The van der Waals surface area contributed by atoms with Crippen molar-refractivity contribution in [1.82, 2.24) is 4.72 Å². The number of halogens is 1. The average molecular weight is 456 g/mol. The van der Waals surface area contributed by atoms with Gasteiger partial charge in [-0.2, -0.15) is 0 Å². The molecule has 0 aliphatic carbocycles. The molecule has 0 aliphatic heterocycles. The molecule has 29 heavy (non-hydrogen) atoms. The third kappa shape index (κ3) is 4.67. The number of hydrogen-bond acceptors (Lipinski definition) is 6. The first-order valence-electron chi connectivity index (χ1n) is 8.41. The van der Waals surface area contributed by atoms with Gasteiger partial charge in [-0.1, -0.05) is 24.3 Å². The summed E-state index contributed by atoms with van der Waals surface area (Å²) in [6.07, 6.45) is 0. The lowest BCUT2D eigenvalue weighted by Gasteiger charge is -2.18. The fraction of sp³-hybridized carbons (Fsp3) is 0.158. The van der Waals surface area contributed by atoms with E-state index in [1.807, 2.05) is 0 Å². The Morgan fingerprint density at radius 1 is 1.03 bits per heavy atom. The molecule has 0 bridgehead atoms. The van der Waals surface area contributed by atoms with Crippen LogP contribution >= 0.6 is 11.3 Å². The van der Waals surface area contributed by atoms with Crippen molar-refractivity contribution in [2.24, 2.45) is 0 Å². The first-order valence-corrected chi connectivity index (χ1v) is 12.3. The Labute approximate surface area is 172 Å². The molecule has 0 saturated heterocycles. The predicted molar refractivity (Wildman–Crippen MR) is 109 cm³/mol. The maximum Gasteiger partial charge on any atom is 0.244 e. The molecule has 2 aromatic carbocycles. The summed E-state index contributed by atoms with van der Waals surface area (Å²) in [7, 11) is -6.84. The molecule has 3 aromatic rings. The van der Waals surface area contributed by atoms with Crippen LogP contribution in [0.25, 0.3) is 0 Å². The van der Waals surface area contributed by atoms with Gasteiger partial charge >= 0.3 is 0 Å². The molecular formula is C19H18FNO5S3. The molecule has 1 aromatic heterocycles. The van der Waals surface area contributed by atoms with E-state index in [9.17, 15) is 21.2 Å². The van der Waals surface area contributed by atoms with E-state index in [2.05, 4.69) is 4.72 Å². The zero-order valence-corrected chi connectivity index (χ0v) is 17.7. The van der Waals surface area contributed by atoms with Gasteiger partial charge in [0.2, 0.25) is 10.0 Å². The van der Waals surface area contributed by atoms with Gasteiger partial charge in [-0.25, -0.2) is 25.9 Å². The van der Waals surface area contributed by atoms with E-state index in [-0.39, 0.29) is 10.6 Å². The van der Waals surface area contributed by atoms with Crippen LogP contribution in [0.2, 0.25) is 0 Å². The van der Waals surface area contributed by atoms with Gasteiger partial charge in [0.1, 0.15) is 21.7 Å². The predicted octanol–water partition coefficient (Wildman–Crippen LogP) is 3.39. The monoisotopic (exact) mass is 455 g/mol. The number of thiophene rings is 1. The Morgan fingerprint density at radius 2 is 1.76 bits per heavy atom. The number of hydrogen-bond donors (Lipinski definition) is 1. The number of benzene rings is 2. The lowest BCUT2D eigenvalue weighted by molar-refractivity contribution is 0.400. The second-order valence-corrected chi connectivity index (χ2v) is 10.9. The summed E-state index contributed by atoms with van der Waals surface area (Å²) in [6.45, 7) is -0.417. The van der Waals surface area contributed by atoms with Gasteiger partial charge in [-0.3, -0.25) is 0 Å². The molecule has 0 unspecified atom stereocenters. The topological polar surface area (TPSA) is 89.5 Å². The Morgan fingerprint density at radius 3 is 2.38 bits per heavy atom. The molecule has 0 aliphatic rings. The Kier molecular flexibility index (Phi) is 6.37. The first-order chi connectivity index (χ1) is 13.8. The smallest absolute Gasteiger partial charge is 0.244 e. The maximum absolute atomic E-state index is 13.6. The van der Waals surface area contributed by atoms with Crippen LogP contribution in [-0.4, -0.2) is 30.5 Å². The van der Waals surface area contributed by atoms with Crippen molar-refractivity contribution in [3.8, 4) is 5.75 Å². The minimum Gasteiger partial charge on any atom is -0.495 e. The molecule has 0 spiro atoms. The molecular weight excluding hydrogens is 437 g/mol. The minimum absolute atomic E-state index is 0.0440. The zero-order chi connectivity index (χ0) is 21.1. The van der Waals surface area contributed by atoms with E-state index in [1.165, 1.54) is 36.6 Å². The number of sulfonamides is 1. The van der Waals surface area contributed by atoms with E-state index in [0.717, 1.165) is 12.1 Å². The summed E-state index contributed by atoms with van der Waals surface area (Å²) in [5.41, 5.74) is 0. The molecule has 10 heteroatoms. The average Bonchev–Trinajstić information content (AvgIpc) is 3.23. The van der Waals surface area contributed by atoms with Crippen LogP contribution in [0.15, 0.2) is 75.8 Å². The summed E-state index contributed by atoms with van der Waals surface area (Å²) in [6, 6.07) is 14.2. The fourth-order valence-electron chi connectivity index (χ4n) is 2.74. The van der Waals surface area contributed by atoms with Crippen LogP contribution in [0.4, 0.5) is 4.39 Å². The largest absolute Gasteiger partial charge is 0.495 e. The molecule has 3 rings (SSSR count). The number of rotatable bonds is 8. The molecule has 6 nitrogen and oxygen atoms in total. The summed E-state index contributed by atoms with van der Waals surface area (Å²) in [4.78, 5) is 0.172. The third-order valence-electron chi connectivity index (χ3n) is 4.18. The number of sulfone groups is 1. The molecule has 154 valence electrons. The highest BCUT2D eigenvalue weighted by Gasteiger charge is 2.32. The maximum atomic E-state index is 13.6. The highest BCUT2D eigenvalue weighted by molar-refractivity contribution is 7.92. The summed E-state index contributed by atoms with van der Waals surface area (Å²) in [5, 5.41) is 0.576. The molecule has 1 heterocycles. The second kappa shape index (κ2) is 8.62. The molecule has 0 fully saturated rings. The quantitative estimate of drug-likeness (QED) is 0.562. The molecule has 1 atom stereocenters. The van der Waals surface area contributed by atoms with E-state index < -0.39 is 42.4 Å². The van der Waals surface area contributed by atoms with Gasteiger partial charge in [0.25, 0.3) is 0 Å². The lowest BCUT2D eigenvalue weighted by atomic mass is 10.3. The van der Waals surface area contributed by atoms with Crippen LogP contribution in [0.1, 0.15) is 10.1 Å². The van der Waals surface area contributed by atoms with E-state index >= 15 is 0 Å². The van der Waals surface area contributed by atoms with E-state index in [1.54, 1.807) is 35.7 Å². The molecule has 0 radical (unpaired) electrons. The standard InChI is InChI=1S/C19H18FNO5S3/c1-26-16-10-9-14(20)12-18(16)29(24,25)21-13-19(17-8-5-11-27-17)28(22,23)15-6-3-2-4-7-15/h2-12,19,21H,13H2,1H3/t19-/m1/s1. The SMILES string of the molecule is COc1ccc(F)cc1S(=O)(=O)NC[C@H](c1cccs1)S(=O)(=O)c1ccccc1. The van der Waals surface area contributed by atoms with Crippen LogP contribution in [0.5, 0.6) is 5.75 Å². The number of methoxy groups -OCH3 is 1. The van der Waals surface area contributed by atoms with Crippen LogP contribution in [-0.2, 0) is 19.9 Å². The van der Waals surface area contributed by atoms with Gasteiger partial charge in [0.05, 0.1) is 12.0 Å². The summed E-state index contributed by atoms with van der Waals surface area (Å²) >= 11 is 1.21. The van der Waals surface area contributed by atoms with Crippen molar-refractivity contribution in [1.29, 1.82) is 0 Å². The number of nitrogens with one attached hydrogen (secondary N) is 1. The minimum atomic E-state index is -4.23. The van der Waals surface area contributed by atoms with Crippen molar-refractivity contribution in [3.05, 3.63) is 76.7 Å². The normalized spacial score (nSPS) is 13.2. The Balaban J connectivity index is 1.96. The van der Waals surface area contributed by atoms with Gasteiger partial charge in [0.15, 0.2) is 9.84 Å². The molecule has 0 amide bonds. The van der Waals surface area contributed by atoms with Crippen LogP contribution in [0, 0.1) is 5.82 Å². The van der Waals surface area contributed by atoms with Crippen molar-refractivity contribution in [2.75, 3.05) is 13.7 Å². The molecule has 0 saturated carbocycles. The van der Waals surface area contributed by atoms with Crippen molar-refractivity contribution in [2.45, 2.75) is 15.0 Å².